The second-order valence-electron chi connectivity index (χ2n) is 6.70. The van der Waals surface area contributed by atoms with Crippen molar-refractivity contribution < 1.29 is 24.9 Å². The fraction of sp³-hybridized carbons (Fsp3) is 0.400. The molecule has 2 rings (SSSR count). The lowest BCUT2D eigenvalue weighted by Crippen LogP contribution is -2.32. The van der Waals surface area contributed by atoms with Crippen LogP contribution in [-0.4, -0.2) is 49.9 Å². The van der Waals surface area contributed by atoms with Gasteiger partial charge >= 0.3 is 11.9 Å². The van der Waals surface area contributed by atoms with Crippen molar-refractivity contribution in [2.75, 3.05) is 12.9 Å². The molecule has 164 valence electrons. The van der Waals surface area contributed by atoms with Crippen molar-refractivity contribution in [3.05, 3.63) is 45.7 Å². The van der Waals surface area contributed by atoms with E-state index in [1.54, 1.807) is 11.8 Å². The number of nitrogens with two attached hydrogens (primary N) is 1. The normalized spacial score (nSPS) is 10.5. The maximum absolute atomic E-state index is 12.7. The van der Waals surface area contributed by atoms with E-state index in [1.807, 2.05) is 44.4 Å². The van der Waals surface area contributed by atoms with Gasteiger partial charge in [-0.1, -0.05) is 26.0 Å². The zero-order valence-corrected chi connectivity index (χ0v) is 18.0. The molecule has 0 amide bonds. The van der Waals surface area contributed by atoms with Crippen LogP contribution in [0.5, 0.6) is 0 Å². The fourth-order valence-electron chi connectivity index (χ4n) is 2.70. The third-order valence-electron chi connectivity index (χ3n) is 4.01. The van der Waals surface area contributed by atoms with E-state index in [1.165, 1.54) is 4.68 Å². The number of aliphatic hydroxyl groups excluding tert-OH is 1. The van der Waals surface area contributed by atoms with Gasteiger partial charge in [0, 0.05) is 35.7 Å². The van der Waals surface area contributed by atoms with Crippen molar-refractivity contribution in [1.29, 1.82) is 0 Å². The molecule has 0 atom stereocenters. The first-order valence-electron chi connectivity index (χ1n) is 9.20. The zero-order chi connectivity index (χ0) is 22.8. The Balaban J connectivity index is 0.000000656. The Morgan fingerprint density at radius 2 is 1.70 bits per heavy atom. The molecule has 5 N–H and O–H groups in total. The molecule has 0 saturated heterocycles. The van der Waals surface area contributed by atoms with Crippen LogP contribution < -0.4 is 11.3 Å². The van der Waals surface area contributed by atoms with Gasteiger partial charge in [-0.3, -0.25) is 4.79 Å². The Labute approximate surface area is 178 Å². The quantitative estimate of drug-likeness (QED) is 0.372. The topological polar surface area (TPSA) is 156 Å². The molecule has 0 spiro atoms. The third kappa shape index (κ3) is 6.97. The minimum atomic E-state index is -1.82. The van der Waals surface area contributed by atoms with Crippen molar-refractivity contribution in [1.82, 2.24) is 9.78 Å². The van der Waals surface area contributed by atoms with Crippen molar-refractivity contribution in [2.45, 2.75) is 38.3 Å². The summed E-state index contributed by atoms with van der Waals surface area (Å²) in [5.74, 6) is -3.35. The third-order valence-corrected chi connectivity index (χ3v) is 4.76. The molecule has 0 radical (unpaired) electrons. The number of hydrogen-bond acceptors (Lipinski definition) is 7. The number of carboxylic acid groups (broad SMARTS) is 2. The highest BCUT2D eigenvalue weighted by Crippen LogP contribution is 2.25. The highest BCUT2D eigenvalue weighted by atomic mass is 32.2. The molecule has 1 aromatic heterocycles. The first kappa shape index (κ1) is 25.3. The molecular weight excluding hydrogens is 410 g/mol. The number of nitrogens with zero attached hydrogens (tertiary/aromatic N) is 2. The largest absolute Gasteiger partial charge is 0.473 e. The van der Waals surface area contributed by atoms with Crippen LogP contribution >= 0.6 is 11.8 Å². The lowest BCUT2D eigenvalue weighted by atomic mass is 9.99. The number of hydrogen-bond donors (Lipinski definition) is 4. The van der Waals surface area contributed by atoms with Crippen molar-refractivity contribution in [3.8, 4) is 11.3 Å². The Morgan fingerprint density at radius 1 is 1.13 bits per heavy atom. The summed E-state index contributed by atoms with van der Waals surface area (Å²) in [5.41, 5.74) is 8.66. The summed E-state index contributed by atoms with van der Waals surface area (Å²) in [7, 11) is 0. The van der Waals surface area contributed by atoms with Crippen LogP contribution in [0, 0.1) is 5.92 Å². The van der Waals surface area contributed by atoms with Crippen LogP contribution in [0.4, 0.5) is 0 Å². The maximum atomic E-state index is 12.7. The first-order chi connectivity index (χ1) is 14.2. The zero-order valence-electron chi connectivity index (χ0n) is 17.2. The van der Waals surface area contributed by atoms with Crippen LogP contribution in [-0.2, 0) is 29.1 Å². The summed E-state index contributed by atoms with van der Waals surface area (Å²) in [5, 5.41) is 28.8. The molecule has 0 saturated carbocycles. The van der Waals surface area contributed by atoms with E-state index in [9.17, 15) is 9.90 Å². The molecule has 1 aromatic carbocycles. The minimum absolute atomic E-state index is 0.0434. The molecule has 0 aliphatic rings. The average molecular weight is 438 g/mol. The number of aliphatic carboxylic acids is 2. The molecule has 10 heteroatoms. The second-order valence-corrected chi connectivity index (χ2v) is 7.58. The average Bonchev–Trinajstić information content (AvgIpc) is 2.70. The molecule has 0 unspecified atom stereocenters. The van der Waals surface area contributed by atoms with Crippen molar-refractivity contribution in [2.24, 2.45) is 11.7 Å². The predicted octanol–water partition coefficient (Wildman–Crippen LogP) is 1.44. The van der Waals surface area contributed by atoms with Crippen molar-refractivity contribution in [3.63, 3.8) is 0 Å². The van der Waals surface area contributed by atoms with E-state index in [-0.39, 0.29) is 18.7 Å². The van der Waals surface area contributed by atoms with Gasteiger partial charge in [0.2, 0.25) is 0 Å². The lowest BCUT2D eigenvalue weighted by molar-refractivity contribution is -0.159. The van der Waals surface area contributed by atoms with Crippen LogP contribution in [0.2, 0.25) is 0 Å². The van der Waals surface area contributed by atoms with Gasteiger partial charge in [0.05, 0.1) is 5.69 Å². The van der Waals surface area contributed by atoms with Gasteiger partial charge < -0.3 is 21.1 Å². The Morgan fingerprint density at radius 3 is 2.10 bits per heavy atom. The highest BCUT2D eigenvalue weighted by molar-refractivity contribution is 7.98. The summed E-state index contributed by atoms with van der Waals surface area (Å²) < 4.78 is 1.51. The maximum Gasteiger partial charge on any atom is 0.414 e. The molecule has 1 heterocycles. The summed E-state index contributed by atoms with van der Waals surface area (Å²) in [6.07, 6.45) is 2.40. The highest BCUT2D eigenvalue weighted by Gasteiger charge is 2.18. The van der Waals surface area contributed by atoms with E-state index in [0.717, 1.165) is 21.7 Å². The van der Waals surface area contributed by atoms with E-state index in [0.29, 0.717) is 24.4 Å². The summed E-state index contributed by atoms with van der Waals surface area (Å²) in [6, 6.07) is 8.06. The molecule has 0 bridgehead atoms. The number of thioether (sulfide) groups is 1. The van der Waals surface area contributed by atoms with Crippen LogP contribution in [0.3, 0.4) is 0 Å². The van der Waals surface area contributed by atoms with Crippen LogP contribution in [0.15, 0.2) is 34.0 Å². The summed E-state index contributed by atoms with van der Waals surface area (Å²) in [4.78, 5) is 32.0. The number of aromatic nitrogens is 2. The number of carbonyl (C=O) groups is 2. The molecule has 2 aromatic rings. The smallest absolute Gasteiger partial charge is 0.414 e. The number of benzene rings is 1. The summed E-state index contributed by atoms with van der Waals surface area (Å²) in [6.45, 7) is 4.74. The van der Waals surface area contributed by atoms with Crippen LogP contribution in [0.1, 0.15) is 25.0 Å². The Kier molecular flexibility index (Phi) is 10.2. The van der Waals surface area contributed by atoms with Gasteiger partial charge in [-0.05, 0) is 36.3 Å². The molecule has 0 aliphatic carbocycles. The SMILES string of the molecule is CSc1ccc(-c2nn(CC(C)C)c(=O)c(CN)c2CCO)cc1.O=C(O)C(=O)O. The van der Waals surface area contributed by atoms with Gasteiger partial charge in [-0.25, -0.2) is 14.3 Å². The Bertz CT molecular complexity index is 913. The monoisotopic (exact) mass is 437 g/mol. The first-order valence-corrected chi connectivity index (χ1v) is 10.4. The van der Waals surface area contributed by atoms with Gasteiger partial charge in [0.25, 0.3) is 5.56 Å². The van der Waals surface area contributed by atoms with Crippen LogP contribution in [0.25, 0.3) is 11.3 Å². The molecular formula is C20H27N3O6S. The molecule has 0 fully saturated rings. The fourth-order valence-corrected chi connectivity index (χ4v) is 3.10. The molecule has 9 nitrogen and oxygen atoms in total. The van der Waals surface area contributed by atoms with E-state index in [4.69, 9.17) is 25.5 Å². The van der Waals surface area contributed by atoms with E-state index < -0.39 is 11.9 Å². The lowest BCUT2D eigenvalue weighted by Gasteiger charge is -2.17. The minimum Gasteiger partial charge on any atom is -0.473 e. The van der Waals surface area contributed by atoms with Gasteiger partial charge in [0.15, 0.2) is 0 Å². The molecule has 30 heavy (non-hydrogen) atoms. The number of carboxylic acids is 2. The molecule has 0 aliphatic heterocycles. The standard InChI is InChI=1S/C18H25N3O2S.C2H2O4/c1-12(2)11-21-18(23)16(10-19)15(8-9-22)17(20-21)13-4-6-14(24-3)7-5-13;3-1(4)2(5)6/h4-7,12,22H,8-11,19H2,1-3H3;(H,3,4)(H,5,6). The van der Waals surface area contributed by atoms with Crippen molar-refractivity contribution >= 4 is 23.7 Å². The van der Waals surface area contributed by atoms with Gasteiger partial charge in [0.1, 0.15) is 0 Å². The predicted molar refractivity (Wildman–Crippen MR) is 115 cm³/mol. The van der Waals surface area contributed by atoms with Gasteiger partial charge in [-0.15, -0.1) is 11.8 Å². The second kappa shape index (κ2) is 12.1. The number of rotatable bonds is 7. The number of aliphatic hydroxyl groups is 1. The summed E-state index contributed by atoms with van der Waals surface area (Å²) >= 11 is 1.67. The van der Waals surface area contributed by atoms with E-state index >= 15 is 0 Å². The van der Waals surface area contributed by atoms with Gasteiger partial charge in [-0.2, -0.15) is 5.10 Å². The Hall–Kier alpha value is -2.69. The van der Waals surface area contributed by atoms with E-state index in [2.05, 4.69) is 5.10 Å².